The van der Waals surface area contributed by atoms with Crippen molar-refractivity contribution in [2.24, 2.45) is 0 Å². The zero-order valence-corrected chi connectivity index (χ0v) is 20.3. The quantitative estimate of drug-likeness (QED) is 0.309. The first kappa shape index (κ1) is 24.2. The predicted molar refractivity (Wildman–Crippen MR) is 137 cm³/mol. The lowest BCUT2D eigenvalue weighted by Gasteiger charge is -2.13. The molecule has 1 N–H and O–H groups in total. The summed E-state index contributed by atoms with van der Waals surface area (Å²) in [6.45, 7) is 5.69. The first-order valence-corrected chi connectivity index (χ1v) is 11.1. The monoisotopic (exact) mass is 480 g/mol. The van der Waals surface area contributed by atoms with Crippen molar-refractivity contribution in [3.8, 4) is 23.4 Å². The van der Waals surface area contributed by atoms with Gasteiger partial charge in [-0.25, -0.2) is 0 Å². The van der Waals surface area contributed by atoms with Crippen molar-refractivity contribution < 1.29 is 14.3 Å². The van der Waals surface area contributed by atoms with Gasteiger partial charge in [-0.3, -0.25) is 14.0 Å². The molecule has 0 saturated heterocycles. The molecule has 0 spiro atoms. The van der Waals surface area contributed by atoms with Gasteiger partial charge in [0.05, 0.1) is 7.11 Å². The number of benzene rings is 2. The number of nitrogens with one attached hydrogen (secondary N) is 1. The molecule has 0 unspecified atom stereocenters. The van der Waals surface area contributed by atoms with Crippen LogP contribution >= 0.6 is 0 Å². The first-order valence-electron chi connectivity index (χ1n) is 11.1. The second kappa shape index (κ2) is 10.2. The fraction of sp³-hybridized carbons (Fsp3) is 0.143. The summed E-state index contributed by atoms with van der Waals surface area (Å²) in [5.74, 6) is 0.476. The normalized spacial score (nSPS) is 11.1. The van der Waals surface area contributed by atoms with Crippen LogP contribution in [-0.2, 0) is 4.79 Å². The van der Waals surface area contributed by atoms with Gasteiger partial charge in [-0.05, 0) is 74.4 Å². The van der Waals surface area contributed by atoms with E-state index >= 15 is 0 Å². The van der Waals surface area contributed by atoms with E-state index in [0.717, 1.165) is 16.7 Å². The van der Waals surface area contributed by atoms with Crippen molar-refractivity contribution in [3.05, 3.63) is 99.0 Å². The van der Waals surface area contributed by atoms with E-state index in [1.165, 1.54) is 10.5 Å². The Balaban J connectivity index is 1.81. The molecule has 8 nitrogen and oxygen atoms in total. The molecular formula is C28H24N4O4. The van der Waals surface area contributed by atoms with Crippen LogP contribution in [0.2, 0.25) is 0 Å². The number of aryl methyl sites for hydroxylation is 3. The van der Waals surface area contributed by atoms with Gasteiger partial charge in [-0.2, -0.15) is 10.2 Å². The molecule has 0 aliphatic rings. The Kier molecular flexibility index (Phi) is 6.84. The summed E-state index contributed by atoms with van der Waals surface area (Å²) in [5.41, 5.74) is 2.82. The molecule has 0 aliphatic heterocycles. The van der Waals surface area contributed by atoms with Gasteiger partial charge in [-0.1, -0.05) is 23.8 Å². The molecule has 0 fully saturated rings. The lowest BCUT2D eigenvalue weighted by atomic mass is 10.1. The Morgan fingerprint density at radius 3 is 2.50 bits per heavy atom. The maximum atomic E-state index is 13.5. The van der Waals surface area contributed by atoms with Gasteiger partial charge in [0.15, 0.2) is 0 Å². The van der Waals surface area contributed by atoms with Crippen LogP contribution in [0.5, 0.6) is 17.4 Å². The summed E-state index contributed by atoms with van der Waals surface area (Å²) in [6.07, 6.45) is 2.79. The Morgan fingerprint density at radius 2 is 1.83 bits per heavy atom. The number of nitriles is 1. The number of methoxy groups -OCH3 is 1. The van der Waals surface area contributed by atoms with Crippen LogP contribution in [0.4, 0.5) is 5.69 Å². The van der Waals surface area contributed by atoms with Crippen LogP contribution < -0.4 is 20.3 Å². The summed E-state index contributed by atoms with van der Waals surface area (Å²) in [7, 11) is 1.54. The van der Waals surface area contributed by atoms with Crippen molar-refractivity contribution >= 4 is 23.3 Å². The highest BCUT2D eigenvalue weighted by Crippen LogP contribution is 2.28. The molecule has 2 aromatic carbocycles. The molecule has 0 bridgehead atoms. The SMILES string of the molecule is COc1ccc(NC(=O)/C(C#N)=C/c2c(Oc3ccc(C)cc3C)nc3c(C)cccn3c2=O)cc1. The number of aromatic nitrogens is 2. The molecule has 2 aromatic heterocycles. The second-order valence-corrected chi connectivity index (χ2v) is 8.24. The fourth-order valence-corrected chi connectivity index (χ4v) is 3.68. The van der Waals surface area contributed by atoms with Crippen LogP contribution in [0, 0.1) is 32.1 Å². The molecule has 8 heteroatoms. The fourth-order valence-electron chi connectivity index (χ4n) is 3.68. The van der Waals surface area contributed by atoms with Crippen LogP contribution in [0.3, 0.4) is 0 Å². The Morgan fingerprint density at radius 1 is 1.08 bits per heavy atom. The minimum Gasteiger partial charge on any atom is -0.497 e. The number of carbonyl (C=O) groups is 1. The smallest absolute Gasteiger partial charge is 0.269 e. The van der Waals surface area contributed by atoms with Crippen molar-refractivity contribution in [1.82, 2.24) is 9.38 Å². The molecule has 180 valence electrons. The molecule has 0 atom stereocenters. The number of anilines is 1. The summed E-state index contributed by atoms with van der Waals surface area (Å²) in [4.78, 5) is 31.0. The molecule has 0 radical (unpaired) electrons. The van der Waals surface area contributed by atoms with E-state index in [2.05, 4.69) is 10.3 Å². The number of hydrogen-bond acceptors (Lipinski definition) is 6. The van der Waals surface area contributed by atoms with E-state index in [0.29, 0.717) is 22.8 Å². The highest BCUT2D eigenvalue weighted by atomic mass is 16.5. The van der Waals surface area contributed by atoms with Gasteiger partial charge < -0.3 is 14.8 Å². The summed E-state index contributed by atoms with van der Waals surface area (Å²) in [5, 5.41) is 12.4. The number of hydrogen-bond donors (Lipinski definition) is 1. The Hall–Kier alpha value is -4.90. The molecule has 2 heterocycles. The van der Waals surface area contributed by atoms with E-state index in [-0.39, 0.29) is 17.0 Å². The molecule has 0 aliphatic carbocycles. The van der Waals surface area contributed by atoms with Crippen LogP contribution in [-0.4, -0.2) is 22.4 Å². The third kappa shape index (κ3) is 4.95. The van der Waals surface area contributed by atoms with Crippen molar-refractivity contribution in [3.63, 3.8) is 0 Å². The minimum absolute atomic E-state index is 0.00579. The number of carbonyl (C=O) groups excluding carboxylic acids is 1. The summed E-state index contributed by atoms with van der Waals surface area (Å²) in [6, 6.07) is 17.7. The topological polar surface area (TPSA) is 106 Å². The van der Waals surface area contributed by atoms with Crippen molar-refractivity contribution in [2.75, 3.05) is 12.4 Å². The zero-order chi connectivity index (χ0) is 25.8. The van der Waals surface area contributed by atoms with E-state index in [1.54, 1.807) is 49.7 Å². The van der Waals surface area contributed by atoms with E-state index in [4.69, 9.17) is 9.47 Å². The lowest BCUT2D eigenvalue weighted by Crippen LogP contribution is -2.20. The number of ether oxygens (including phenoxy) is 2. The van der Waals surface area contributed by atoms with Crippen LogP contribution in [0.1, 0.15) is 22.3 Å². The second-order valence-electron chi connectivity index (χ2n) is 8.24. The number of amides is 1. The minimum atomic E-state index is -0.672. The third-order valence-electron chi connectivity index (χ3n) is 5.59. The highest BCUT2D eigenvalue weighted by molar-refractivity contribution is 6.09. The number of rotatable bonds is 6. The molecule has 4 rings (SSSR count). The van der Waals surface area contributed by atoms with Crippen LogP contribution in [0.25, 0.3) is 11.7 Å². The zero-order valence-electron chi connectivity index (χ0n) is 20.3. The first-order chi connectivity index (χ1) is 17.3. The molecule has 0 saturated carbocycles. The van der Waals surface area contributed by atoms with Crippen LogP contribution in [0.15, 0.2) is 71.2 Å². The number of nitrogens with zero attached hydrogens (tertiary/aromatic N) is 3. The van der Waals surface area contributed by atoms with E-state index < -0.39 is 11.5 Å². The maximum absolute atomic E-state index is 13.5. The Labute approximate surface area is 208 Å². The van der Waals surface area contributed by atoms with Gasteiger partial charge in [0, 0.05) is 11.9 Å². The van der Waals surface area contributed by atoms with Gasteiger partial charge in [0.1, 0.15) is 34.4 Å². The molecular weight excluding hydrogens is 456 g/mol. The average Bonchev–Trinajstić information content (AvgIpc) is 2.86. The lowest BCUT2D eigenvalue weighted by molar-refractivity contribution is -0.112. The number of pyridine rings is 1. The van der Waals surface area contributed by atoms with Gasteiger partial charge in [0.25, 0.3) is 11.5 Å². The van der Waals surface area contributed by atoms with E-state index in [9.17, 15) is 14.9 Å². The largest absolute Gasteiger partial charge is 0.497 e. The molecule has 4 aromatic rings. The van der Waals surface area contributed by atoms with Gasteiger partial charge >= 0.3 is 0 Å². The molecule has 1 amide bonds. The third-order valence-corrected chi connectivity index (χ3v) is 5.59. The average molecular weight is 481 g/mol. The van der Waals surface area contributed by atoms with E-state index in [1.807, 2.05) is 45.0 Å². The van der Waals surface area contributed by atoms with Crippen molar-refractivity contribution in [2.45, 2.75) is 20.8 Å². The summed E-state index contributed by atoms with van der Waals surface area (Å²) < 4.78 is 12.6. The van der Waals surface area contributed by atoms with Crippen molar-refractivity contribution in [1.29, 1.82) is 5.26 Å². The van der Waals surface area contributed by atoms with Gasteiger partial charge in [-0.15, -0.1) is 0 Å². The molecule has 36 heavy (non-hydrogen) atoms. The standard InChI is InChI=1S/C28H24N4O4/c1-17-7-12-24(19(3)14-17)36-27-23(28(34)32-13-5-6-18(2)25(32)31-27)15-20(16-29)26(33)30-21-8-10-22(35-4)11-9-21/h5-15H,1-4H3,(H,30,33)/b20-15+. The predicted octanol–water partition coefficient (Wildman–Crippen LogP) is 4.97. The Bertz CT molecular complexity index is 1600. The summed E-state index contributed by atoms with van der Waals surface area (Å²) >= 11 is 0. The van der Waals surface area contributed by atoms with Gasteiger partial charge in [0.2, 0.25) is 5.88 Å². The maximum Gasteiger partial charge on any atom is 0.269 e. The highest BCUT2D eigenvalue weighted by Gasteiger charge is 2.19. The number of fused-ring (bicyclic) bond motifs is 1.